The first-order valence-electron chi connectivity index (χ1n) is 9.15. The van der Waals surface area contributed by atoms with Gasteiger partial charge in [0.05, 0.1) is 0 Å². The molecule has 3 heteroatoms. The maximum absolute atomic E-state index is 8.94. The molecule has 0 aliphatic heterocycles. The van der Waals surface area contributed by atoms with E-state index in [2.05, 4.69) is 42.5 Å². The topological polar surface area (TPSA) is 60.7 Å². The standard InChI is InChI=1S/C26H16N2O/c27-17-19(18-28)15-22-13-14-23(29-22)16-26(21-7-2-1-3-8-21)25-12-6-10-20-9-4-5-11-24(20)25/h1-16H/b26-16+. The van der Waals surface area contributed by atoms with Gasteiger partial charge in [-0.05, 0) is 45.7 Å². The number of furan rings is 1. The molecule has 0 saturated carbocycles. The fourth-order valence-corrected chi connectivity index (χ4v) is 3.29. The van der Waals surface area contributed by atoms with Crippen LogP contribution in [0.25, 0.3) is 28.5 Å². The number of allylic oxidation sites excluding steroid dienone is 1. The number of nitrogens with zero attached hydrogens (tertiary/aromatic N) is 2. The quantitative estimate of drug-likeness (QED) is 0.387. The number of rotatable bonds is 4. The fourth-order valence-electron chi connectivity index (χ4n) is 3.29. The van der Waals surface area contributed by atoms with E-state index in [0.29, 0.717) is 11.5 Å². The summed E-state index contributed by atoms with van der Waals surface area (Å²) in [6.45, 7) is 0. The summed E-state index contributed by atoms with van der Waals surface area (Å²) in [5.74, 6) is 1.12. The van der Waals surface area contributed by atoms with Gasteiger partial charge in [0.25, 0.3) is 0 Å². The second-order valence-electron chi connectivity index (χ2n) is 6.47. The molecule has 0 spiro atoms. The minimum Gasteiger partial charge on any atom is -0.457 e. The summed E-state index contributed by atoms with van der Waals surface area (Å²) in [4.78, 5) is 0. The van der Waals surface area contributed by atoms with Gasteiger partial charge < -0.3 is 4.42 Å². The third-order valence-electron chi connectivity index (χ3n) is 4.63. The van der Waals surface area contributed by atoms with Gasteiger partial charge in [-0.25, -0.2) is 0 Å². The largest absolute Gasteiger partial charge is 0.457 e. The lowest BCUT2D eigenvalue weighted by atomic mass is 9.92. The van der Waals surface area contributed by atoms with Crippen molar-refractivity contribution in [1.29, 1.82) is 10.5 Å². The van der Waals surface area contributed by atoms with Gasteiger partial charge >= 0.3 is 0 Å². The van der Waals surface area contributed by atoms with Gasteiger partial charge in [-0.2, -0.15) is 10.5 Å². The molecule has 136 valence electrons. The maximum atomic E-state index is 8.94. The Labute approximate surface area is 169 Å². The lowest BCUT2D eigenvalue weighted by Crippen LogP contribution is -1.90. The molecule has 0 unspecified atom stereocenters. The molecule has 1 heterocycles. The summed E-state index contributed by atoms with van der Waals surface area (Å²) in [6.07, 6.45) is 3.43. The van der Waals surface area contributed by atoms with E-state index in [-0.39, 0.29) is 5.57 Å². The third kappa shape index (κ3) is 3.86. The molecule has 4 aromatic rings. The van der Waals surface area contributed by atoms with Crippen molar-refractivity contribution in [2.45, 2.75) is 0 Å². The Balaban J connectivity index is 1.87. The van der Waals surface area contributed by atoms with E-state index < -0.39 is 0 Å². The summed E-state index contributed by atoms with van der Waals surface area (Å²) in [7, 11) is 0. The summed E-state index contributed by atoms with van der Waals surface area (Å²) in [5, 5.41) is 20.2. The number of nitriles is 2. The minimum atomic E-state index is 0.00668. The predicted octanol–water partition coefficient (Wildman–Crippen LogP) is 6.45. The van der Waals surface area contributed by atoms with E-state index in [4.69, 9.17) is 14.9 Å². The average Bonchev–Trinajstić information content (AvgIpc) is 3.23. The van der Waals surface area contributed by atoms with Crippen LogP contribution in [0, 0.1) is 22.7 Å². The van der Waals surface area contributed by atoms with E-state index in [1.54, 1.807) is 6.07 Å². The van der Waals surface area contributed by atoms with Crippen molar-refractivity contribution in [3.8, 4) is 12.1 Å². The zero-order valence-electron chi connectivity index (χ0n) is 15.5. The smallest absolute Gasteiger partial charge is 0.133 e. The Hall–Kier alpha value is -4.34. The molecule has 0 aliphatic carbocycles. The number of hydrogen-bond acceptors (Lipinski definition) is 3. The van der Waals surface area contributed by atoms with E-state index >= 15 is 0 Å². The summed E-state index contributed by atoms with van der Waals surface area (Å²) in [6, 6.07) is 32.0. The Morgan fingerprint density at radius 1 is 0.690 bits per heavy atom. The Kier molecular flexibility index (Phi) is 5.06. The predicted molar refractivity (Wildman–Crippen MR) is 115 cm³/mol. The van der Waals surface area contributed by atoms with Crippen LogP contribution in [-0.4, -0.2) is 0 Å². The van der Waals surface area contributed by atoms with Gasteiger partial charge in [-0.15, -0.1) is 0 Å². The molecule has 0 fully saturated rings. The van der Waals surface area contributed by atoms with Crippen LogP contribution in [0.15, 0.2) is 94.9 Å². The molecular weight excluding hydrogens is 356 g/mol. The fraction of sp³-hybridized carbons (Fsp3) is 0. The zero-order chi connectivity index (χ0) is 20.1. The van der Waals surface area contributed by atoms with Gasteiger partial charge in [0.2, 0.25) is 0 Å². The van der Waals surface area contributed by atoms with E-state index in [0.717, 1.165) is 22.1 Å². The van der Waals surface area contributed by atoms with Crippen LogP contribution in [0.4, 0.5) is 0 Å². The molecule has 4 rings (SSSR count). The molecule has 1 aromatic heterocycles. The minimum absolute atomic E-state index is 0.00668. The first-order chi connectivity index (χ1) is 14.3. The number of hydrogen-bond donors (Lipinski definition) is 0. The molecule has 3 nitrogen and oxygen atoms in total. The first kappa shape index (κ1) is 18.0. The van der Waals surface area contributed by atoms with Gasteiger partial charge in [-0.3, -0.25) is 0 Å². The first-order valence-corrected chi connectivity index (χ1v) is 9.15. The highest BCUT2D eigenvalue weighted by Gasteiger charge is 2.10. The van der Waals surface area contributed by atoms with E-state index in [1.165, 1.54) is 11.5 Å². The van der Waals surface area contributed by atoms with Gasteiger partial charge in [0.1, 0.15) is 29.2 Å². The van der Waals surface area contributed by atoms with Gasteiger partial charge in [0, 0.05) is 6.08 Å². The van der Waals surface area contributed by atoms with Gasteiger partial charge in [0.15, 0.2) is 0 Å². The van der Waals surface area contributed by atoms with Crippen molar-refractivity contribution >= 4 is 28.5 Å². The van der Waals surface area contributed by atoms with Crippen molar-refractivity contribution in [1.82, 2.24) is 0 Å². The molecule has 3 aromatic carbocycles. The van der Waals surface area contributed by atoms with Gasteiger partial charge in [-0.1, -0.05) is 72.8 Å². The second kappa shape index (κ2) is 8.13. The van der Waals surface area contributed by atoms with Crippen molar-refractivity contribution in [3.63, 3.8) is 0 Å². The molecule has 0 bridgehead atoms. The van der Waals surface area contributed by atoms with E-state index in [1.807, 2.05) is 54.6 Å². The third-order valence-corrected chi connectivity index (χ3v) is 4.63. The number of fused-ring (bicyclic) bond motifs is 1. The monoisotopic (exact) mass is 372 g/mol. The molecule has 0 N–H and O–H groups in total. The second-order valence-corrected chi connectivity index (χ2v) is 6.47. The highest BCUT2D eigenvalue weighted by molar-refractivity contribution is 6.02. The van der Waals surface area contributed by atoms with Crippen molar-refractivity contribution < 1.29 is 4.42 Å². The molecule has 0 saturated heterocycles. The molecular formula is C26H16N2O. The van der Waals surface area contributed by atoms with Crippen LogP contribution in [0.5, 0.6) is 0 Å². The zero-order valence-corrected chi connectivity index (χ0v) is 15.5. The van der Waals surface area contributed by atoms with Crippen LogP contribution in [0.1, 0.15) is 22.6 Å². The summed E-state index contributed by atoms with van der Waals surface area (Å²) in [5.41, 5.74) is 3.23. The van der Waals surface area contributed by atoms with Crippen LogP contribution in [0.3, 0.4) is 0 Å². The molecule has 0 radical (unpaired) electrons. The van der Waals surface area contributed by atoms with Crippen LogP contribution in [-0.2, 0) is 0 Å². The Bertz CT molecular complexity index is 1290. The summed E-state index contributed by atoms with van der Waals surface area (Å²) < 4.78 is 5.85. The molecule has 0 amide bonds. The lowest BCUT2D eigenvalue weighted by molar-refractivity contribution is 0.547. The van der Waals surface area contributed by atoms with Crippen LogP contribution >= 0.6 is 0 Å². The van der Waals surface area contributed by atoms with Crippen LogP contribution in [0.2, 0.25) is 0 Å². The lowest BCUT2D eigenvalue weighted by Gasteiger charge is -2.11. The Morgan fingerprint density at radius 3 is 2.10 bits per heavy atom. The van der Waals surface area contributed by atoms with Crippen molar-refractivity contribution in [2.24, 2.45) is 0 Å². The highest BCUT2D eigenvalue weighted by Crippen LogP contribution is 2.32. The maximum Gasteiger partial charge on any atom is 0.133 e. The van der Waals surface area contributed by atoms with Crippen LogP contribution < -0.4 is 0 Å². The summed E-state index contributed by atoms with van der Waals surface area (Å²) >= 11 is 0. The highest BCUT2D eigenvalue weighted by atomic mass is 16.3. The molecule has 0 aliphatic rings. The number of benzene rings is 3. The van der Waals surface area contributed by atoms with Crippen molar-refractivity contribution in [2.75, 3.05) is 0 Å². The average molecular weight is 372 g/mol. The van der Waals surface area contributed by atoms with Crippen molar-refractivity contribution in [3.05, 3.63) is 113 Å². The SMILES string of the molecule is N#CC(C#N)=Cc1ccc(/C=C(\c2ccccc2)c2cccc3ccccc23)o1. The normalized spacial score (nSPS) is 10.9. The molecule has 29 heavy (non-hydrogen) atoms. The molecule has 0 atom stereocenters. The van der Waals surface area contributed by atoms with E-state index in [9.17, 15) is 0 Å². The Morgan fingerprint density at radius 2 is 1.34 bits per heavy atom.